The summed E-state index contributed by atoms with van der Waals surface area (Å²) in [7, 11) is 3.61. The molecule has 0 saturated heterocycles. The Hall–Kier alpha value is -2.59. The van der Waals surface area contributed by atoms with E-state index in [0.717, 1.165) is 33.7 Å². The van der Waals surface area contributed by atoms with Crippen LogP contribution in [-0.4, -0.2) is 24.9 Å². The molecule has 0 amide bonds. The topological polar surface area (TPSA) is 41.6 Å². The number of hydrazine groups is 1. The Morgan fingerprint density at radius 2 is 1.82 bits per heavy atom. The monoisotopic (exact) mass is 292 g/mol. The summed E-state index contributed by atoms with van der Waals surface area (Å²) in [5.41, 5.74) is 7.92. The smallest absolute Gasteiger partial charge is 0.193 e. The highest BCUT2D eigenvalue weighted by molar-refractivity contribution is 6.18. The number of ketones is 1. The third kappa shape index (κ3) is 1.71. The van der Waals surface area contributed by atoms with Gasteiger partial charge in [0, 0.05) is 18.2 Å². The number of carbonyl (C=O) groups excluding carboxylic acids is 1. The van der Waals surface area contributed by atoms with E-state index >= 15 is 0 Å². The normalized spacial score (nSPS) is 19.9. The fraction of sp³-hybridized carbons (Fsp3) is 0.167. The van der Waals surface area contributed by atoms with Gasteiger partial charge in [-0.05, 0) is 35.4 Å². The maximum Gasteiger partial charge on any atom is 0.193 e. The van der Waals surface area contributed by atoms with Crippen molar-refractivity contribution in [3.8, 4) is 5.75 Å². The Morgan fingerprint density at radius 3 is 2.55 bits per heavy atom. The summed E-state index contributed by atoms with van der Waals surface area (Å²) in [6.45, 7) is 0. The van der Waals surface area contributed by atoms with E-state index in [-0.39, 0.29) is 11.8 Å². The second-order valence-electron chi connectivity index (χ2n) is 5.56. The molecule has 1 aliphatic carbocycles. The average Bonchev–Trinajstić information content (AvgIpc) is 3.05. The number of methoxy groups -OCH3 is 1. The highest BCUT2D eigenvalue weighted by atomic mass is 16.5. The standard InChI is InChI=1S/C18H16N2O2/c1-20-17-13-5-3-4-6-14(13)18(21)15(17)16(19-20)11-7-9-12(22-2)10-8-11/h3-10,17,19H,1-2H3. The summed E-state index contributed by atoms with van der Waals surface area (Å²) in [5, 5.41) is 2.00. The molecular formula is C18H16N2O2. The van der Waals surface area contributed by atoms with Crippen molar-refractivity contribution in [2.24, 2.45) is 0 Å². The lowest BCUT2D eigenvalue weighted by Gasteiger charge is -2.19. The van der Waals surface area contributed by atoms with Crippen molar-refractivity contribution in [1.29, 1.82) is 0 Å². The zero-order valence-electron chi connectivity index (χ0n) is 12.5. The van der Waals surface area contributed by atoms with E-state index in [4.69, 9.17) is 4.74 Å². The van der Waals surface area contributed by atoms with Gasteiger partial charge in [-0.15, -0.1) is 0 Å². The minimum Gasteiger partial charge on any atom is -0.497 e. The van der Waals surface area contributed by atoms with Crippen LogP contribution in [0.4, 0.5) is 0 Å². The molecule has 0 saturated carbocycles. The van der Waals surface area contributed by atoms with Crippen LogP contribution >= 0.6 is 0 Å². The molecule has 1 unspecified atom stereocenters. The van der Waals surface area contributed by atoms with E-state index in [1.165, 1.54) is 0 Å². The second-order valence-corrected chi connectivity index (χ2v) is 5.56. The third-order valence-electron chi connectivity index (χ3n) is 4.34. The SMILES string of the molecule is COc1ccc(C2=C3C(=O)c4ccccc4C3N(C)N2)cc1. The van der Waals surface area contributed by atoms with E-state index in [1.807, 2.05) is 60.6 Å². The highest BCUT2D eigenvalue weighted by Crippen LogP contribution is 2.45. The van der Waals surface area contributed by atoms with Crippen LogP contribution in [0.2, 0.25) is 0 Å². The van der Waals surface area contributed by atoms with Gasteiger partial charge in [-0.1, -0.05) is 24.3 Å². The first-order chi connectivity index (χ1) is 10.7. The quantitative estimate of drug-likeness (QED) is 0.924. The van der Waals surface area contributed by atoms with Crippen LogP contribution in [0.15, 0.2) is 54.1 Å². The number of hydrogen-bond acceptors (Lipinski definition) is 4. The van der Waals surface area contributed by atoms with Crippen LogP contribution in [0.1, 0.15) is 27.5 Å². The fourth-order valence-electron chi connectivity index (χ4n) is 3.30. The minimum atomic E-state index is -0.0131. The highest BCUT2D eigenvalue weighted by Gasteiger charge is 2.43. The van der Waals surface area contributed by atoms with Gasteiger partial charge in [0.05, 0.1) is 18.8 Å². The van der Waals surface area contributed by atoms with Crippen LogP contribution in [0, 0.1) is 0 Å². The zero-order valence-corrected chi connectivity index (χ0v) is 12.5. The maximum atomic E-state index is 12.8. The largest absolute Gasteiger partial charge is 0.497 e. The number of nitrogens with zero attached hydrogens (tertiary/aromatic N) is 1. The van der Waals surface area contributed by atoms with E-state index in [0.29, 0.717) is 0 Å². The molecule has 0 fully saturated rings. The van der Waals surface area contributed by atoms with Gasteiger partial charge >= 0.3 is 0 Å². The van der Waals surface area contributed by atoms with E-state index < -0.39 is 0 Å². The molecule has 0 bridgehead atoms. The lowest BCUT2D eigenvalue weighted by Crippen LogP contribution is -2.29. The number of likely N-dealkylation sites (N-methyl/N-ethyl adjacent to an activating group) is 1. The number of hydrogen-bond donors (Lipinski definition) is 1. The van der Waals surface area contributed by atoms with Gasteiger partial charge in [0.25, 0.3) is 0 Å². The number of Topliss-reactive ketones (excluding diaryl/α,β-unsaturated/α-hetero) is 1. The van der Waals surface area contributed by atoms with Gasteiger partial charge < -0.3 is 10.2 Å². The van der Waals surface area contributed by atoms with Gasteiger partial charge in [-0.25, -0.2) is 5.01 Å². The second kappa shape index (κ2) is 4.71. The van der Waals surface area contributed by atoms with Crippen molar-refractivity contribution in [3.05, 3.63) is 70.8 Å². The van der Waals surface area contributed by atoms with E-state index in [9.17, 15) is 4.79 Å². The van der Waals surface area contributed by atoms with Gasteiger partial charge in [0.15, 0.2) is 5.78 Å². The number of ether oxygens (including phenoxy) is 1. The Morgan fingerprint density at radius 1 is 1.09 bits per heavy atom. The Kier molecular flexibility index (Phi) is 2.81. The molecule has 1 heterocycles. The molecular weight excluding hydrogens is 276 g/mol. The number of rotatable bonds is 2. The molecule has 0 spiro atoms. The molecule has 2 aliphatic rings. The van der Waals surface area contributed by atoms with Gasteiger partial charge in [-0.3, -0.25) is 4.79 Å². The molecule has 1 N–H and O–H groups in total. The fourth-order valence-corrected chi connectivity index (χ4v) is 3.30. The van der Waals surface area contributed by atoms with Crippen molar-refractivity contribution in [2.45, 2.75) is 6.04 Å². The molecule has 2 aromatic carbocycles. The van der Waals surface area contributed by atoms with Crippen LogP contribution in [-0.2, 0) is 0 Å². The summed E-state index contributed by atoms with van der Waals surface area (Å²) in [5.74, 6) is 0.918. The van der Waals surface area contributed by atoms with Crippen molar-refractivity contribution in [2.75, 3.05) is 14.2 Å². The first kappa shape index (κ1) is 13.1. The molecule has 1 aliphatic heterocycles. The summed E-state index contributed by atoms with van der Waals surface area (Å²) < 4.78 is 5.20. The summed E-state index contributed by atoms with van der Waals surface area (Å²) in [4.78, 5) is 12.8. The van der Waals surface area contributed by atoms with Crippen molar-refractivity contribution in [3.63, 3.8) is 0 Å². The predicted octanol–water partition coefficient (Wildman–Crippen LogP) is 2.79. The Labute approximate surface area is 129 Å². The van der Waals surface area contributed by atoms with Crippen LogP contribution in [0.5, 0.6) is 5.75 Å². The maximum absolute atomic E-state index is 12.8. The Balaban J connectivity index is 1.86. The first-order valence-corrected chi connectivity index (χ1v) is 7.22. The van der Waals surface area contributed by atoms with Crippen molar-refractivity contribution < 1.29 is 9.53 Å². The van der Waals surface area contributed by atoms with Crippen LogP contribution in [0.25, 0.3) is 5.70 Å². The Bertz CT molecular complexity index is 793. The summed E-state index contributed by atoms with van der Waals surface area (Å²) in [6.07, 6.45) is 0. The number of nitrogens with one attached hydrogen (secondary N) is 1. The molecule has 4 rings (SSSR count). The lowest BCUT2D eigenvalue weighted by atomic mass is 10.0. The molecule has 1 atom stereocenters. The third-order valence-corrected chi connectivity index (χ3v) is 4.34. The molecule has 110 valence electrons. The first-order valence-electron chi connectivity index (χ1n) is 7.22. The predicted molar refractivity (Wildman–Crippen MR) is 84.3 cm³/mol. The van der Waals surface area contributed by atoms with Crippen LogP contribution in [0.3, 0.4) is 0 Å². The molecule has 0 aromatic heterocycles. The van der Waals surface area contributed by atoms with Crippen LogP contribution < -0.4 is 10.2 Å². The van der Waals surface area contributed by atoms with Gasteiger partial charge in [0.1, 0.15) is 5.75 Å². The van der Waals surface area contributed by atoms with E-state index in [1.54, 1.807) is 7.11 Å². The molecule has 4 heteroatoms. The number of carbonyl (C=O) groups is 1. The molecule has 22 heavy (non-hydrogen) atoms. The molecule has 0 radical (unpaired) electrons. The summed E-state index contributed by atoms with van der Waals surface area (Å²) >= 11 is 0. The number of benzene rings is 2. The average molecular weight is 292 g/mol. The summed E-state index contributed by atoms with van der Waals surface area (Å²) in [6, 6.07) is 15.6. The minimum absolute atomic E-state index is 0.0131. The molecule has 2 aromatic rings. The van der Waals surface area contributed by atoms with Gasteiger partial charge in [0.2, 0.25) is 0 Å². The van der Waals surface area contributed by atoms with Gasteiger partial charge in [-0.2, -0.15) is 0 Å². The molecule has 4 nitrogen and oxygen atoms in total. The zero-order chi connectivity index (χ0) is 15.3. The van der Waals surface area contributed by atoms with Crippen molar-refractivity contribution in [1.82, 2.24) is 10.4 Å². The number of fused-ring (bicyclic) bond motifs is 3. The lowest BCUT2D eigenvalue weighted by molar-refractivity contribution is 0.103. The van der Waals surface area contributed by atoms with Crippen molar-refractivity contribution >= 4 is 11.5 Å². The van der Waals surface area contributed by atoms with E-state index in [2.05, 4.69) is 5.43 Å².